The number of para-hydroxylation sites is 1. The molecule has 0 unspecified atom stereocenters. The molecule has 0 aliphatic rings. The molecule has 0 bridgehead atoms. The summed E-state index contributed by atoms with van der Waals surface area (Å²) in [5.41, 5.74) is -1.66. The van der Waals surface area contributed by atoms with Crippen LogP contribution in [0.4, 0.5) is 18.9 Å². The molecule has 124 valence electrons. The van der Waals surface area contributed by atoms with E-state index in [9.17, 15) is 18.0 Å². The highest BCUT2D eigenvalue weighted by Gasteiger charge is 2.33. The first-order chi connectivity index (χ1) is 10.8. The van der Waals surface area contributed by atoms with Gasteiger partial charge in [-0.25, -0.2) is 0 Å². The number of nitriles is 1. The van der Waals surface area contributed by atoms with E-state index in [2.05, 4.69) is 10.6 Å². The highest BCUT2D eigenvalue weighted by molar-refractivity contribution is 6.06. The molecule has 0 fully saturated rings. The summed E-state index contributed by atoms with van der Waals surface area (Å²) in [4.78, 5) is 13.8. The van der Waals surface area contributed by atoms with Crippen molar-refractivity contribution in [2.45, 2.75) is 6.18 Å². The van der Waals surface area contributed by atoms with Crippen LogP contribution in [0.3, 0.4) is 0 Å². The molecular formula is C15H17F3N4O. The summed E-state index contributed by atoms with van der Waals surface area (Å²) in [5.74, 6) is -0.901. The van der Waals surface area contributed by atoms with Gasteiger partial charge >= 0.3 is 6.18 Å². The van der Waals surface area contributed by atoms with Crippen LogP contribution >= 0.6 is 0 Å². The molecule has 0 aliphatic carbocycles. The van der Waals surface area contributed by atoms with E-state index >= 15 is 0 Å². The number of nitrogens with one attached hydrogen (secondary N) is 2. The van der Waals surface area contributed by atoms with Crippen LogP contribution in [-0.2, 0) is 11.0 Å². The Balaban J connectivity index is 2.82. The van der Waals surface area contributed by atoms with E-state index in [1.165, 1.54) is 18.3 Å². The molecule has 0 heterocycles. The standard InChI is InChI=1S/C15H17F3N4O/c1-22(2)8-7-20-10-11(9-19)14(23)21-13-6-4-3-5-12(13)15(16,17)18/h3-6,10,20H,7-8H2,1-2H3,(H,21,23)/b11-10-. The first-order valence-electron chi connectivity index (χ1n) is 6.71. The van der Waals surface area contributed by atoms with E-state index in [0.29, 0.717) is 13.1 Å². The quantitative estimate of drug-likeness (QED) is 0.478. The van der Waals surface area contributed by atoms with Crippen molar-refractivity contribution in [2.24, 2.45) is 0 Å². The predicted molar refractivity (Wildman–Crippen MR) is 80.3 cm³/mol. The summed E-state index contributed by atoms with van der Waals surface area (Å²) >= 11 is 0. The number of carbonyl (C=O) groups is 1. The van der Waals surface area contributed by atoms with E-state index in [1.54, 1.807) is 6.07 Å². The lowest BCUT2D eigenvalue weighted by Gasteiger charge is -2.13. The minimum Gasteiger partial charge on any atom is -0.388 e. The van der Waals surface area contributed by atoms with Gasteiger partial charge in [0.15, 0.2) is 0 Å². The number of anilines is 1. The van der Waals surface area contributed by atoms with Crippen LogP contribution in [0.15, 0.2) is 36.0 Å². The van der Waals surface area contributed by atoms with E-state index in [-0.39, 0.29) is 11.3 Å². The Bertz CT molecular complexity index is 618. The van der Waals surface area contributed by atoms with E-state index in [0.717, 1.165) is 12.1 Å². The van der Waals surface area contributed by atoms with Crippen molar-refractivity contribution in [1.29, 1.82) is 5.26 Å². The first kappa shape index (κ1) is 18.5. The third kappa shape index (κ3) is 6.00. The average molecular weight is 326 g/mol. The zero-order valence-electron chi connectivity index (χ0n) is 12.7. The zero-order chi connectivity index (χ0) is 17.5. The summed E-state index contributed by atoms with van der Waals surface area (Å²) < 4.78 is 38.6. The highest BCUT2D eigenvalue weighted by Crippen LogP contribution is 2.34. The molecule has 0 aliphatic heterocycles. The Morgan fingerprint density at radius 3 is 2.57 bits per heavy atom. The summed E-state index contributed by atoms with van der Waals surface area (Å²) in [6, 6.07) is 6.25. The Morgan fingerprint density at radius 1 is 1.35 bits per heavy atom. The molecule has 8 heteroatoms. The largest absolute Gasteiger partial charge is 0.418 e. The van der Waals surface area contributed by atoms with Crippen LogP contribution in [0.25, 0.3) is 0 Å². The SMILES string of the molecule is CN(C)CCN/C=C(/C#N)C(=O)Nc1ccccc1C(F)(F)F. The third-order valence-electron chi connectivity index (χ3n) is 2.80. The summed E-state index contributed by atoms with van der Waals surface area (Å²) in [7, 11) is 3.72. The van der Waals surface area contributed by atoms with Gasteiger partial charge in [0, 0.05) is 19.3 Å². The zero-order valence-corrected chi connectivity index (χ0v) is 12.7. The van der Waals surface area contributed by atoms with Gasteiger partial charge in [-0.1, -0.05) is 12.1 Å². The normalized spacial score (nSPS) is 12.0. The summed E-state index contributed by atoms with van der Waals surface area (Å²) in [5, 5.41) is 13.8. The number of alkyl halides is 3. The van der Waals surface area contributed by atoms with E-state index in [1.807, 2.05) is 19.0 Å². The van der Waals surface area contributed by atoms with Gasteiger partial charge in [0.2, 0.25) is 0 Å². The predicted octanol–water partition coefficient (Wildman–Crippen LogP) is 2.20. The molecular weight excluding hydrogens is 309 g/mol. The number of likely N-dealkylation sites (N-methyl/N-ethyl adjacent to an activating group) is 1. The molecule has 0 aromatic heterocycles. The van der Waals surface area contributed by atoms with Gasteiger partial charge in [0.1, 0.15) is 11.6 Å². The van der Waals surface area contributed by atoms with Gasteiger partial charge in [0.05, 0.1) is 11.3 Å². The van der Waals surface area contributed by atoms with Crippen molar-refractivity contribution in [3.8, 4) is 6.07 Å². The van der Waals surface area contributed by atoms with Crippen molar-refractivity contribution >= 4 is 11.6 Å². The number of nitrogens with zero attached hydrogens (tertiary/aromatic N) is 2. The van der Waals surface area contributed by atoms with Crippen molar-refractivity contribution < 1.29 is 18.0 Å². The Kier molecular flexibility index (Phi) is 6.60. The molecule has 5 nitrogen and oxygen atoms in total. The fourth-order valence-corrected chi connectivity index (χ4v) is 1.64. The number of benzene rings is 1. The molecule has 1 aromatic carbocycles. The lowest BCUT2D eigenvalue weighted by Crippen LogP contribution is -2.25. The lowest BCUT2D eigenvalue weighted by molar-refractivity contribution is -0.137. The van der Waals surface area contributed by atoms with Crippen molar-refractivity contribution in [3.05, 3.63) is 41.6 Å². The van der Waals surface area contributed by atoms with Crippen molar-refractivity contribution in [1.82, 2.24) is 10.2 Å². The third-order valence-corrected chi connectivity index (χ3v) is 2.80. The monoisotopic (exact) mass is 326 g/mol. The molecule has 1 rings (SSSR count). The molecule has 0 radical (unpaired) electrons. The molecule has 0 saturated heterocycles. The molecule has 1 aromatic rings. The van der Waals surface area contributed by atoms with Gasteiger partial charge < -0.3 is 15.5 Å². The topological polar surface area (TPSA) is 68.2 Å². The second-order valence-corrected chi connectivity index (χ2v) is 4.92. The first-order valence-corrected chi connectivity index (χ1v) is 6.71. The number of hydrogen-bond acceptors (Lipinski definition) is 4. The second kappa shape index (κ2) is 8.19. The fourth-order valence-electron chi connectivity index (χ4n) is 1.64. The number of rotatable bonds is 6. The molecule has 23 heavy (non-hydrogen) atoms. The van der Waals surface area contributed by atoms with Gasteiger partial charge in [-0.15, -0.1) is 0 Å². The van der Waals surface area contributed by atoms with Crippen molar-refractivity contribution in [2.75, 3.05) is 32.5 Å². The molecule has 0 atom stereocenters. The van der Waals surface area contributed by atoms with Gasteiger partial charge in [-0.3, -0.25) is 4.79 Å². The maximum absolute atomic E-state index is 12.9. The fraction of sp³-hybridized carbons (Fsp3) is 0.333. The molecule has 2 N–H and O–H groups in total. The summed E-state index contributed by atoms with van der Waals surface area (Å²) in [6.07, 6.45) is -3.40. The van der Waals surface area contributed by atoms with Crippen molar-refractivity contribution in [3.63, 3.8) is 0 Å². The summed E-state index contributed by atoms with van der Waals surface area (Å²) in [6.45, 7) is 1.17. The molecule has 0 saturated carbocycles. The number of carbonyl (C=O) groups excluding carboxylic acids is 1. The maximum Gasteiger partial charge on any atom is 0.418 e. The van der Waals surface area contributed by atoms with Crippen LogP contribution in [0, 0.1) is 11.3 Å². The van der Waals surface area contributed by atoms with E-state index in [4.69, 9.17) is 5.26 Å². The van der Waals surface area contributed by atoms with Crippen LogP contribution in [0.5, 0.6) is 0 Å². The average Bonchev–Trinajstić information content (AvgIpc) is 2.46. The van der Waals surface area contributed by atoms with E-state index < -0.39 is 17.6 Å². The Labute approximate surface area is 132 Å². The Morgan fingerprint density at radius 2 is 2.00 bits per heavy atom. The van der Waals surface area contributed by atoms with Crippen LogP contribution in [0.1, 0.15) is 5.56 Å². The van der Waals surface area contributed by atoms with Crippen LogP contribution in [0.2, 0.25) is 0 Å². The van der Waals surface area contributed by atoms with Gasteiger partial charge in [-0.05, 0) is 26.2 Å². The minimum atomic E-state index is -4.59. The van der Waals surface area contributed by atoms with Gasteiger partial charge in [-0.2, -0.15) is 18.4 Å². The molecule has 1 amide bonds. The maximum atomic E-state index is 12.9. The van der Waals surface area contributed by atoms with Crippen LogP contribution in [-0.4, -0.2) is 38.0 Å². The number of hydrogen-bond donors (Lipinski definition) is 2. The van der Waals surface area contributed by atoms with Crippen LogP contribution < -0.4 is 10.6 Å². The molecule has 0 spiro atoms. The minimum absolute atomic E-state index is 0.305. The number of amides is 1. The van der Waals surface area contributed by atoms with Gasteiger partial charge in [0.25, 0.3) is 5.91 Å². The highest BCUT2D eigenvalue weighted by atomic mass is 19.4. The number of halogens is 3. The Hall–Kier alpha value is -2.53. The second-order valence-electron chi connectivity index (χ2n) is 4.92. The smallest absolute Gasteiger partial charge is 0.388 e. The lowest BCUT2D eigenvalue weighted by atomic mass is 10.1.